The molecule has 0 unspecified atom stereocenters. The third kappa shape index (κ3) is 3.31. The summed E-state index contributed by atoms with van der Waals surface area (Å²) in [6.45, 7) is 6.78. The molecule has 0 spiro atoms. The second-order valence-electron chi connectivity index (χ2n) is 6.01. The van der Waals surface area contributed by atoms with Crippen molar-refractivity contribution in [1.82, 2.24) is 14.7 Å². The molecule has 2 heterocycles. The summed E-state index contributed by atoms with van der Waals surface area (Å²) < 4.78 is 7.06. The van der Waals surface area contributed by atoms with Crippen LogP contribution < -0.4 is 5.73 Å². The topological polar surface area (TPSA) is 73.4 Å². The van der Waals surface area contributed by atoms with Crippen molar-refractivity contribution in [2.75, 3.05) is 18.8 Å². The van der Waals surface area contributed by atoms with Crippen LogP contribution in [0.3, 0.4) is 0 Å². The van der Waals surface area contributed by atoms with Crippen LogP contribution >= 0.6 is 0 Å². The second kappa shape index (κ2) is 5.19. The standard InChI is InChI=1S/C14H22N4O2/c1-14(2,3)20-13(19)18-7-5-10(6-8-18)11-9-17(4)16-12(11)15/h5,9H,6-8H2,1-4H3,(H2,15,16). The molecule has 1 amide bonds. The molecule has 0 fully saturated rings. The van der Waals surface area contributed by atoms with Gasteiger partial charge in [0, 0.05) is 31.9 Å². The fourth-order valence-corrected chi connectivity index (χ4v) is 2.16. The van der Waals surface area contributed by atoms with Crippen molar-refractivity contribution >= 4 is 17.5 Å². The summed E-state index contributed by atoms with van der Waals surface area (Å²) >= 11 is 0. The smallest absolute Gasteiger partial charge is 0.410 e. The number of aryl methyl sites for hydroxylation is 1. The van der Waals surface area contributed by atoms with E-state index in [4.69, 9.17) is 10.5 Å². The van der Waals surface area contributed by atoms with Gasteiger partial charge in [0.25, 0.3) is 0 Å². The van der Waals surface area contributed by atoms with Gasteiger partial charge in [-0.05, 0) is 32.8 Å². The molecule has 1 aliphatic heterocycles. The third-order valence-corrected chi connectivity index (χ3v) is 3.06. The van der Waals surface area contributed by atoms with E-state index in [2.05, 4.69) is 5.10 Å². The van der Waals surface area contributed by atoms with Crippen LogP contribution in [0, 0.1) is 0 Å². The van der Waals surface area contributed by atoms with Crippen LogP contribution in [0.5, 0.6) is 0 Å². The van der Waals surface area contributed by atoms with Gasteiger partial charge in [0.2, 0.25) is 0 Å². The Labute approximate surface area is 119 Å². The van der Waals surface area contributed by atoms with Crippen LogP contribution in [-0.2, 0) is 11.8 Å². The van der Waals surface area contributed by atoms with Crippen molar-refractivity contribution in [1.29, 1.82) is 0 Å². The number of carbonyl (C=O) groups is 1. The Morgan fingerprint density at radius 1 is 1.45 bits per heavy atom. The molecule has 2 N–H and O–H groups in total. The van der Waals surface area contributed by atoms with Gasteiger partial charge in [-0.15, -0.1) is 0 Å². The molecule has 1 aromatic rings. The largest absolute Gasteiger partial charge is 0.444 e. The van der Waals surface area contributed by atoms with E-state index in [-0.39, 0.29) is 6.09 Å². The summed E-state index contributed by atoms with van der Waals surface area (Å²) in [4.78, 5) is 13.7. The van der Waals surface area contributed by atoms with Gasteiger partial charge in [0.15, 0.2) is 5.82 Å². The molecule has 20 heavy (non-hydrogen) atoms. The van der Waals surface area contributed by atoms with Crippen molar-refractivity contribution in [2.24, 2.45) is 7.05 Å². The average molecular weight is 278 g/mol. The van der Waals surface area contributed by atoms with E-state index in [1.165, 1.54) is 0 Å². The fraction of sp³-hybridized carbons (Fsp3) is 0.571. The van der Waals surface area contributed by atoms with Gasteiger partial charge in [0.05, 0.1) is 0 Å². The fourth-order valence-electron chi connectivity index (χ4n) is 2.16. The van der Waals surface area contributed by atoms with E-state index in [9.17, 15) is 4.79 Å². The number of nitrogens with two attached hydrogens (primary N) is 1. The molecule has 0 saturated carbocycles. The Balaban J connectivity index is 2.04. The van der Waals surface area contributed by atoms with E-state index in [1.807, 2.05) is 40.1 Å². The van der Waals surface area contributed by atoms with E-state index in [0.29, 0.717) is 18.9 Å². The minimum Gasteiger partial charge on any atom is -0.444 e. The lowest BCUT2D eigenvalue weighted by molar-refractivity contribution is 0.0270. The molecular formula is C14H22N4O2. The predicted molar refractivity (Wildman–Crippen MR) is 78.0 cm³/mol. The maximum absolute atomic E-state index is 12.0. The number of nitrogens with zero attached hydrogens (tertiary/aromatic N) is 3. The minimum absolute atomic E-state index is 0.271. The molecule has 2 rings (SSSR count). The van der Waals surface area contributed by atoms with Gasteiger partial charge in [-0.25, -0.2) is 4.79 Å². The summed E-state index contributed by atoms with van der Waals surface area (Å²) in [5.74, 6) is 0.532. The summed E-state index contributed by atoms with van der Waals surface area (Å²) in [6, 6.07) is 0. The van der Waals surface area contributed by atoms with Gasteiger partial charge in [-0.3, -0.25) is 4.68 Å². The number of hydrogen-bond acceptors (Lipinski definition) is 4. The molecule has 0 aliphatic carbocycles. The summed E-state index contributed by atoms with van der Waals surface area (Å²) in [5.41, 5.74) is 7.50. The van der Waals surface area contributed by atoms with Gasteiger partial charge in [-0.1, -0.05) is 6.08 Å². The lowest BCUT2D eigenvalue weighted by Crippen LogP contribution is -2.39. The molecular weight excluding hydrogens is 256 g/mol. The van der Waals surface area contributed by atoms with E-state index in [1.54, 1.807) is 9.58 Å². The number of hydrogen-bond donors (Lipinski definition) is 1. The minimum atomic E-state index is -0.463. The maximum atomic E-state index is 12.0. The molecule has 6 nitrogen and oxygen atoms in total. The van der Waals surface area contributed by atoms with Gasteiger partial charge in [0.1, 0.15) is 5.60 Å². The van der Waals surface area contributed by atoms with Crippen LogP contribution in [0.2, 0.25) is 0 Å². The van der Waals surface area contributed by atoms with E-state index in [0.717, 1.165) is 17.6 Å². The number of anilines is 1. The first kappa shape index (κ1) is 14.4. The lowest BCUT2D eigenvalue weighted by atomic mass is 10.0. The summed E-state index contributed by atoms with van der Waals surface area (Å²) in [5, 5.41) is 4.14. The number of amides is 1. The molecule has 0 aromatic carbocycles. The van der Waals surface area contributed by atoms with Crippen LogP contribution in [0.4, 0.5) is 10.6 Å². The quantitative estimate of drug-likeness (QED) is 0.853. The summed E-state index contributed by atoms with van der Waals surface area (Å²) in [6.07, 6.45) is 4.41. The molecule has 1 aromatic heterocycles. The Hall–Kier alpha value is -1.98. The van der Waals surface area contributed by atoms with Crippen molar-refractivity contribution in [3.8, 4) is 0 Å². The third-order valence-electron chi connectivity index (χ3n) is 3.06. The number of carbonyl (C=O) groups excluding carboxylic acids is 1. The van der Waals surface area contributed by atoms with Crippen LogP contribution in [0.1, 0.15) is 32.8 Å². The number of rotatable bonds is 1. The molecule has 0 bridgehead atoms. The molecule has 0 saturated heterocycles. The number of nitrogen functional groups attached to an aromatic ring is 1. The van der Waals surface area contributed by atoms with E-state index < -0.39 is 5.60 Å². The molecule has 0 radical (unpaired) electrons. The highest BCUT2D eigenvalue weighted by atomic mass is 16.6. The van der Waals surface area contributed by atoms with Crippen LogP contribution in [0.15, 0.2) is 12.3 Å². The zero-order valence-electron chi connectivity index (χ0n) is 12.5. The van der Waals surface area contributed by atoms with E-state index >= 15 is 0 Å². The molecule has 1 aliphatic rings. The highest BCUT2D eigenvalue weighted by Crippen LogP contribution is 2.26. The molecule has 6 heteroatoms. The zero-order chi connectivity index (χ0) is 14.9. The number of ether oxygens (including phenoxy) is 1. The Morgan fingerprint density at radius 2 is 2.15 bits per heavy atom. The highest BCUT2D eigenvalue weighted by Gasteiger charge is 2.24. The second-order valence-corrected chi connectivity index (χ2v) is 6.01. The van der Waals surface area contributed by atoms with Crippen molar-refractivity contribution in [3.63, 3.8) is 0 Å². The van der Waals surface area contributed by atoms with Crippen LogP contribution in [-0.4, -0.2) is 39.5 Å². The monoisotopic (exact) mass is 278 g/mol. The Bertz CT molecular complexity index is 540. The van der Waals surface area contributed by atoms with Crippen LogP contribution in [0.25, 0.3) is 5.57 Å². The SMILES string of the molecule is Cn1cc(C2=CCN(C(=O)OC(C)(C)C)CC2)c(N)n1. The number of aromatic nitrogens is 2. The molecule has 110 valence electrons. The van der Waals surface area contributed by atoms with Crippen molar-refractivity contribution < 1.29 is 9.53 Å². The predicted octanol–water partition coefficient (Wildman–Crippen LogP) is 2.03. The van der Waals surface area contributed by atoms with Gasteiger partial charge < -0.3 is 15.4 Å². The Morgan fingerprint density at radius 3 is 2.60 bits per heavy atom. The van der Waals surface area contributed by atoms with Gasteiger partial charge in [-0.2, -0.15) is 5.10 Å². The first-order valence-corrected chi connectivity index (χ1v) is 6.73. The van der Waals surface area contributed by atoms with Crippen molar-refractivity contribution in [3.05, 3.63) is 17.8 Å². The normalized spacial score (nSPS) is 16.0. The van der Waals surface area contributed by atoms with Crippen molar-refractivity contribution in [2.45, 2.75) is 32.8 Å². The summed E-state index contributed by atoms with van der Waals surface area (Å²) in [7, 11) is 1.84. The first-order valence-electron chi connectivity index (χ1n) is 6.73. The highest BCUT2D eigenvalue weighted by molar-refractivity contribution is 5.76. The van der Waals surface area contributed by atoms with Gasteiger partial charge >= 0.3 is 6.09 Å². The lowest BCUT2D eigenvalue weighted by Gasteiger charge is -2.29. The zero-order valence-corrected chi connectivity index (χ0v) is 12.5. The maximum Gasteiger partial charge on any atom is 0.410 e. The average Bonchev–Trinajstić information content (AvgIpc) is 2.66. The first-order chi connectivity index (χ1) is 9.26. The Kier molecular flexibility index (Phi) is 3.74. The molecule has 0 atom stereocenters.